The number of hydrogen-bond donors (Lipinski definition) is 1. The second-order valence-electron chi connectivity index (χ2n) is 5.89. The maximum absolute atomic E-state index is 6.08. The van der Waals surface area contributed by atoms with Gasteiger partial charge in [0.15, 0.2) is 0 Å². The summed E-state index contributed by atoms with van der Waals surface area (Å²) in [7, 11) is 4.39. The largest absolute Gasteiger partial charge is 0.329 e. The van der Waals surface area contributed by atoms with Crippen LogP contribution in [0.1, 0.15) is 19.0 Å². The van der Waals surface area contributed by atoms with E-state index in [9.17, 15) is 0 Å². The van der Waals surface area contributed by atoms with Crippen LogP contribution in [0.15, 0.2) is 24.4 Å². The first kappa shape index (κ1) is 14.4. The minimum absolute atomic E-state index is 0.128. The lowest BCUT2D eigenvalue weighted by molar-refractivity contribution is 0.135. The minimum atomic E-state index is 0.128. The average molecular weight is 262 g/mol. The molecule has 1 aromatic rings. The predicted octanol–water partition coefficient (Wildman–Crippen LogP) is 0.977. The SMILES string of the molecule is CC1CC(CN)(N(C)CCc2ccccn2)CN1C. The van der Waals surface area contributed by atoms with Gasteiger partial charge in [0.25, 0.3) is 0 Å². The Morgan fingerprint density at radius 1 is 1.53 bits per heavy atom. The summed E-state index contributed by atoms with van der Waals surface area (Å²) < 4.78 is 0. The third kappa shape index (κ3) is 3.14. The number of hydrogen-bond acceptors (Lipinski definition) is 4. The molecule has 0 spiro atoms. The molecule has 1 aliphatic heterocycles. The number of rotatable bonds is 5. The van der Waals surface area contributed by atoms with Gasteiger partial charge in [-0.15, -0.1) is 0 Å². The van der Waals surface area contributed by atoms with Crippen LogP contribution in [-0.2, 0) is 6.42 Å². The van der Waals surface area contributed by atoms with Crippen LogP contribution in [0.25, 0.3) is 0 Å². The molecule has 1 saturated heterocycles. The van der Waals surface area contributed by atoms with E-state index < -0.39 is 0 Å². The van der Waals surface area contributed by atoms with Crippen LogP contribution in [0, 0.1) is 0 Å². The van der Waals surface area contributed by atoms with Gasteiger partial charge in [0, 0.05) is 49.5 Å². The van der Waals surface area contributed by atoms with E-state index in [1.807, 2.05) is 18.3 Å². The van der Waals surface area contributed by atoms with Crippen molar-refractivity contribution in [3.8, 4) is 0 Å². The maximum atomic E-state index is 6.08. The lowest BCUT2D eigenvalue weighted by Crippen LogP contribution is -2.54. The van der Waals surface area contributed by atoms with Gasteiger partial charge >= 0.3 is 0 Å². The molecule has 2 heterocycles. The number of aromatic nitrogens is 1. The molecule has 1 fully saturated rings. The summed E-state index contributed by atoms with van der Waals surface area (Å²) in [5, 5.41) is 0. The molecule has 0 aliphatic carbocycles. The van der Waals surface area contributed by atoms with Crippen LogP contribution < -0.4 is 5.73 Å². The number of pyridine rings is 1. The van der Waals surface area contributed by atoms with Crippen molar-refractivity contribution in [2.75, 3.05) is 33.7 Å². The molecule has 1 aromatic heterocycles. The van der Waals surface area contributed by atoms with Crippen molar-refractivity contribution in [1.82, 2.24) is 14.8 Å². The molecule has 0 amide bonds. The summed E-state index contributed by atoms with van der Waals surface area (Å²) in [5.74, 6) is 0. The van der Waals surface area contributed by atoms with Crippen LogP contribution in [0.2, 0.25) is 0 Å². The highest BCUT2D eigenvalue weighted by molar-refractivity contribution is 5.06. The maximum Gasteiger partial charge on any atom is 0.0470 e. The monoisotopic (exact) mass is 262 g/mol. The van der Waals surface area contributed by atoms with Crippen LogP contribution in [0.3, 0.4) is 0 Å². The Balaban J connectivity index is 1.96. The highest BCUT2D eigenvalue weighted by Gasteiger charge is 2.42. The molecule has 106 valence electrons. The fourth-order valence-corrected chi connectivity index (χ4v) is 3.04. The molecule has 2 N–H and O–H groups in total. The lowest BCUT2D eigenvalue weighted by atomic mass is 9.94. The lowest BCUT2D eigenvalue weighted by Gasteiger charge is -2.37. The number of likely N-dealkylation sites (N-methyl/N-ethyl adjacent to an activating group) is 2. The van der Waals surface area contributed by atoms with Crippen molar-refractivity contribution >= 4 is 0 Å². The van der Waals surface area contributed by atoms with E-state index in [2.05, 4.69) is 41.9 Å². The molecular formula is C15H26N4. The summed E-state index contributed by atoms with van der Waals surface area (Å²) in [4.78, 5) is 9.23. The van der Waals surface area contributed by atoms with Gasteiger partial charge in [-0.1, -0.05) is 6.07 Å². The van der Waals surface area contributed by atoms with Gasteiger partial charge < -0.3 is 10.6 Å². The van der Waals surface area contributed by atoms with Gasteiger partial charge in [-0.25, -0.2) is 0 Å². The average Bonchev–Trinajstić information content (AvgIpc) is 2.74. The van der Waals surface area contributed by atoms with Crippen LogP contribution in [-0.4, -0.2) is 60.1 Å². The molecule has 2 rings (SSSR count). The van der Waals surface area contributed by atoms with E-state index in [0.29, 0.717) is 6.04 Å². The second kappa shape index (κ2) is 5.99. The molecular weight excluding hydrogens is 236 g/mol. The van der Waals surface area contributed by atoms with Gasteiger partial charge in [-0.2, -0.15) is 0 Å². The molecule has 0 bridgehead atoms. The fraction of sp³-hybridized carbons (Fsp3) is 0.667. The van der Waals surface area contributed by atoms with E-state index in [0.717, 1.165) is 38.2 Å². The fourth-order valence-electron chi connectivity index (χ4n) is 3.04. The van der Waals surface area contributed by atoms with E-state index >= 15 is 0 Å². The quantitative estimate of drug-likeness (QED) is 0.859. The third-order valence-electron chi connectivity index (χ3n) is 4.59. The molecule has 19 heavy (non-hydrogen) atoms. The van der Waals surface area contributed by atoms with Crippen molar-refractivity contribution < 1.29 is 0 Å². The Labute approximate surface area is 116 Å². The Kier molecular flexibility index (Phi) is 4.55. The molecule has 1 aliphatic rings. The number of nitrogens with zero attached hydrogens (tertiary/aromatic N) is 3. The Morgan fingerprint density at radius 2 is 2.32 bits per heavy atom. The van der Waals surface area contributed by atoms with Gasteiger partial charge in [-0.3, -0.25) is 9.88 Å². The molecule has 4 heteroatoms. The molecule has 0 radical (unpaired) electrons. The zero-order valence-corrected chi connectivity index (χ0v) is 12.3. The zero-order chi connectivity index (χ0) is 13.9. The van der Waals surface area contributed by atoms with Crippen molar-refractivity contribution in [1.29, 1.82) is 0 Å². The standard InChI is InChI=1S/C15H26N4/c1-13-10-15(11-16,12-18(13)2)19(3)9-7-14-6-4-5-8-17-14/h4-6,8,13H,7,9-12,16H2,1-3H3. The predicted molar refractivity (Wildman–Crippen MR) is 79.1 cm³/mol. The molecule has 0 saturated carbocycles. The number of likely N-dealkylation sites (tertiary alicyclic amines) is 1. The Hall–Kier alpha value is -0.970. The Bertz CT molecular complexity index is 382. The van der Waals surface area contributed by atoms with Crippen LogP contribution in [0.4, 0.5) is 0 Å². The highest BCUT2D eigenvalue weighted by Crippen LogP contribution is 2.29. The van der Waals surface area contributed by atoms with E-state index in [-0.39, 0.29) is 5.54 Å². The summed E-state index contributed by atoms with van der Waals surface area (Å²) >= 11 is 0. The van der Waals surface area contributed by atoms with Gasteiger partial charge in [0.05, 0.1) is 0 Å². The zero-order valence-electron chi connectivity index (χ0n) is 12.3. The molecule has 2 unspecified atom stereocenters. The molecule has 0 aromatic carbocycles. The smallest absolute Gasteiger partial charge is 0.0470 e. The van der Waals surface area contributed by atoms with E-state index in [1.165, 1.54) is 0 Å². The van der Waals surface area contributed by atoms with Gasteiger partial charge in [-0.05, 0) is 39.6 Å². The summed E-state index contributed by atoms with van der Waals surface area (Å²) in [6.45, 7) is 5.07. The van der Waals surface area contributed by atoms with Gasteiger partial charge in [0.1, 0.15) is 0 Å². The first-order valence-electron chi connectivity index (χ1n) is 7.09. The molecule has 4 nitrogen and oxygen atoms in total. The summed E-state index contributed by atoms with van der Waals surface area (Å²) in [6.07, 6.45) is 4.00. The van der Waals surface area contributed by atoms with Crippen LogP contribution in [0.5, 0.6) is 0 Å². The summed E-state index contributed by atoms with van der Waals surface area (Å²) in [5.41, 5.74) is 7.36. The Morgan fingerprint density at radius 3 is 2.84 bits per heavy atom. The van der Waals surface area contributed by atoms with Crippen molar-refractivity contribution in [2.24, 2.45) is 5.73 Å². The topological polar surface area (TPSA) is 45.4 Å². The third-order valence-corrected chi connectivity index (χ3v) is 4.59. The summed E-state index contributed by atoms with van der Waals surface area (Å²) in [6, 6.07) is 6.71. The number of nitrogens with two attached hydrogens (primary N) is 1. The highest BCUT2D eigenvalue weighted by atomic mass is 15.3. The van der Waals surface area contributed by atoms with Gasteiger partial charge in [0.2, 0.25) is 0 Å². The van der Waals surface area contributed by atoms with Crippen molar-refractivity contribution in [2.45, 2.75) is 31.3 Å². The van der Waals surface area contributed by atoms with E-state index in [4.69, 9.17) is 5.73 Å². The first-order valence-corrected chi connectivity index (χ1v) is 7.09. The first-order chi connectivity index (χ1) is 9.07. The van der Waals surface area contributed by atoms with Crippen LogP contribution >= 0.6 is 0 Å². The molecule has 2 atom stereocenters. The van der Waals surface area contributed by atoms with E-state index in [1.54, 1.807) is 0 Å². The van der Waals surface area contributed by atoms with Crippen molar-refractivity contribution in [3.63, 3.8) is 0 Å². The van der Waals surface area contributed by atoms with Crippen molar-refractivity contribution in [3.05, 3.63) is 30.1 Å². The normalized spacial score (nSPS) is 28.2. The minimum Gasteiger partial charge on any atom is -0.329 e. The second-order valence-corrected chi connectivity index (χ2v) is 5.89.